The van der Waals surface area contributed by atoms with Crippen LogP contribution in [0.25, 0.3) is 0 Å². The smallest absolute Gasteiger partial charge is 0.0735 e. The molecule has 1 nitrogen and oxygen atoms in total. The highest BCUT2D eigenvalue weighted by Gasteiger charge is 2.43. The molecule has 2 aliphatic rings. The van der Waals surface area contributed by atoms with Gasteiger partial charge in [0.25, 0.3) is 0 Å². The monoisotopic (exact) mass is 178 g/mol. The average Bonchev–Trinajstić information content (AvgIpc) is 2.25. The lowest BCUT2D eigenvalue weighted by Gasteiger charge is -2.39. The van der Waals surface area contributed by atoms with E-state index in [4.69, 9.17) is 0 Å². The molecule has 0 amide bonds. The normalized spacial score (nSPS) is 41.5. The van der Waals surface area contributed by atoms with Crippen LogP contribution >= 0.6 is 0 Å². The van der Waals surface area contributed by atoms with Crippen molar-refractivity contribution >= 4 is 0 Å². The lowest BCUT2D eigenvalue weighted by atomic mass is 9.65. The van der Waals surface area contributed by atoms with E-state index < -0.39 is 0 Å². The van der Waals surface area contributed by atoms with E-state index in [-0.39, 0.29) is 16.9 Å². The highest BCUT2D eigenvalue weighted by Crippen LogP contribution is 2.52. The molecule has 2 aliphatic carbocycles. The van der Waals surface area contributed by atoms with Crippen LogP contribution in [0.4, 0.5) is 0 Å². The van der Waals surface area contributed by atoms with Gasteiger partial charge in [0.05, 0.1) is 6.10 Å². The zero-order chi connectivity index (χ0) is 9.69. The van der Waals surface area contributed by atoms with Gasteiger partial charge in [-0.1, -0.05) is 44.6 Å². The molecule has 0 fully saturated rings. The molecular weight excluding hydrogens is 160 g/mol. The van der Waals surface area contributed by atoms with E-state index in [1.165, 1.54) is 5.57 Å². The van der Waals surface area contributed by atoms with Crippen LogP contribution in [0.5, 0.6) is 0 Å². The van der Waals surface area contributed by atoms with E-state index in [1.807, 2.05) is 0 Å². The van der Waals surface area contributed by atoms with Crippen LogP contribution in [-0.2, 0) is 0 Å². The Bertz CT molecular complexity index is 285. The van der Waals surface area contributed by atoms with E-state index in [0.717, 1.165) is 12.8 Å². The molecule has 72 valence electrons. The van der Waals surface area contributed by atoms with E-state index in [9.17, 15) is 5.11 Å². The van der Waals surface area contributed by atoms with E-state index in [2.05, 4.69) is 39.0 Å². The van der Waals surface area contributed by atoms with Crippen molar-refractivity contribution in [1.82, 2.24) is 0 Å². The number of hydrogen-bond donors (Lipinski definition) is 1. The molecular formula is C12H18O. The zero-order valence-electron chi connectivity index (χ0n) is 8.67. The second-order valence-corrected chi connectivity index (χ2v) is 5.26. The minimum Gasteiger partial charge on any atom is -0.389 e. The van der Waals surface area contributed by atoms with Gasteiger partial charge in [-0.05, 0) is 18.3 Å². The Labute approximate surface area is 80.2 Å². The third-order valence-electron chi connectivity index (χ3n) is 3.45. The minimum atomic E-state index is -0.234. The Kier molecular flexibility index (Phi) is 1.72. The van der Waals surface area contributed by atoms with Crippen LogP contribution in [0.1, 0.15) is 33.6 Å². The van der Waals surface area contributed by atoms with Gasteiger partial charge in [-0.25, -0.2) is 0 Å². The largest absolute Gasteiger partial charge is 0.389 e. The average molecular weight is 178 g/mol. The SMILES string of the molecule is CC1(C)CC=C[C@]2(C)C[C@H](O)C=C12. The highest BCUT2D eigenvalue weighted by atomic mass is 16.3. The molecule has 0 spiro atoms. The van der Waals surface area contributed by atoms with Crippen molar-refractivity contribution in [2.45, 2.75) is 39.7 Å². The summed E-state index contributed by atoms with van der Waals surface area (Å²) in [5.41, 5.74) is 1.79. The van der Waals surface area contributed by atoms with E-state index >= 15 is 0 Å². The second-order valence-electron chi connectivity index (χ2n) is 5.26. The third kappa shape index (κ3) is 1.26. The van der Waals surface area contributed by atoms with Crippen molar-refractivity contribution < 1.29 is 5.11 Å². The highest BCUT2D eigenvalue weighted by molar-refractivity contribution is 5.36. The summed E-state index contributed by atoms with van der Waals surface area (Å²) >= 11 is 0. The maximum Gasteiger partial charge on any atom is 0.0735 e. The van der Waals surface area contributed by atoms with Gasteiger partial charge in [-0.3, -0.25) is 0 Å². The van der Waals surface area contributed by atoms with Crippen molar-refractivity contribution in [3.63, 3.8) is 0 Å². The number of aliphatic hydroxyl groups excluding tert-OH is 1. The Morgan fingerprint density at radius 1 is 1.38 bits per heavy atom. The number of allylic oxidation sites excluding steroid dienone is 3. The summed E-state index contributed by atoms with van der Waals surface area (Å²) in [7, 11) is 0. The van der Waals surface area contributed by atoms with Crippen molar-refractivity contribution in [2.75, 3.05) is 0 Å². The Hall–Kier alpha value is -0.560. The van der Waals surface area contributed by atoms with Gasteiger partial charge in [-0.15, -0.1) is 0 Å². The molecule has 0 radical (unpaired) electrons. The summed E-state index contributed by atoms with van der Waals surface area (Å²) in [6.45, 7) is 6.75. The standard InChI is InChI=1S/C12H18O/c1-11(2)5-4-6-12(3)8-9(13)7-10(11)12/h4,6-7,9,13H,5,8H2,1-3H3/t9-,12-/m1/s1. The molecule has 0 saturated carbocycles. The van der Waals surface area contributed by atoms with Crippen molar-refractivity contribution in [3.05, 3.63) is 23.8 Å². The van der Waals surface area contributed by atoms with Crippen LogP contribution in [0.15, 0.2) is 23.8 Å². The van der Waals surface area contributed by atoms with Gasteiger partial charge in [0.2, 0.25) is 0 Å². The van der Waals surface area contributed by atoms with Crippen LogP contribution in [0.3, 0.4) is 0 Å². The van der Waals surface area contributed by atoms with Crippen LogP contribution in [0.2, 0.25) is 0 Å². The van der Waals surface area contributed by atoms with Crippen LogP contribution in [-0.4, -0.2) is 11.2 Å². The molecule has 0 aliphatic heterocycles. The molecule has 0 heterocycles. The first-order chi connectivity index (χ1) is 5.94. The predicted molar refractivity (Wildman–Crippen MR) is 54.4 cm³/mol. The number of fused-ring (bicyclic) bond motifs is 1. The predicted octanol–water partition coefficient (Wildman–Crippen LogP) is 2.67. The Balaban J connectivity index is 2.46. The quantitative estimate of drug-likeness (QED) is 0.565. The first-order valence-electron chi connectivity index (χ1n) is 5.03. The lowest BCUT2D eigenvalue weighted by molar-refractivity contribution is 0.193. The Morgan fingerprint density at radius 3 is 2.69 bits per heavy atom. The molecule has 0 unspecified atom stereocenters. The molecule has 0 bridgehead atoms. The van der Waals surface area contributed by atoms with Crippen LogP contribution in [0, 0.1) is 10.8 Å². The number of hydrogen-bond acceptors (Lipinski definition) is 1. The molecule has 0 saturated heterocycles. The van der Waals surface area contributed by atoms with Gasteiger partial charge >= 0.3 is 0 Å². The second kappa shape index (κ2) is 2.48. The molecule has 0 aromatic heterocycles. The molecule has 0 aromatic carbocycles. The van der Waals surface area contributed by atoms with E-state index in [1.54, 1.807) is 0 Å². The fourth-order valence-electron chi connectivity index (χ4n) is 2.87. The van der Waals surface area contributed by atoms with Gasteiger partial charge < -0.3 is 5.11 Å². The van der Waals surface area contributed by atoms with Crippen molar-refractivity contribution in [2.24, 2.45) is 10.8 Å². The van der Waals surface area contributed by atoms with Gasteiger partial charge in [0, 0.05) is 5.41 Å². The molecule has 2 rings (SSSR count). The maximum atomic E-state index is 9.65. The fourth-order valence-corrected chi connectivity index (χ4v) is 2.87. The summed E-state index contributed by atoms with van der Waals surface area (Å²) in [5, 5.41) is 9.65. The lowest BCUT2D eigenvalue weighted by Crippen LogP contribution is -2.28. The fraction of sp³-hybridized carbons (Fsp3) is 0.667. The van der Waals surface area contributed by atoms with Gasteiger partial charge in [-0.2, -0.15) is 0 Å². The first kappa shape index (κ1) is 9.01. The summed E-state index contributed by atoms with van der Waals surface area (Å²) < 4.78 is 0. The van der Waals surface area contributed by atoms with Crippen LogP contribution < -0.4 is 0 Å². The van der Waals surface area contributed by atoms with Crippen molar-refractivity contribution in [1.29, 1.82) is 0 Å². The number of rotatable bonds is 0. The van der Waals surface area contributed by atoms with Crippen molar-refractivity contribution in [3.8, 4) is 0 Å². The van der Waals surface area contributed by atoms with Gasteiger partial charge in [0.15, 0.2) is 0 Å². The molecule has 0 aromatic rings. The summed E-state index contributed by atoms with van der Waals surface area (Å²) in [6, 6.07) is 0. The summed E-state index contributed by atoms with van der Waals surface area (Å²) in [4.78, 5) is 0. The summed E-state index contributed by atoms with van der Waals surface area (Å²) in [6.07, 6.45) is 8.31. The van der Waals surface area contributed by atoms with E-state index in [0.29, 0.717) is 0 Å². The molecule has 13 heavy (non-hydrogen) atoms. The zero-order valence-corrected chi connectivity index (χ0v) is 8.67. The molecule has 1 N–H and O–H groups in total. The molecule has 2 atom stereocenters. The maximum absolute atomic E-state index is 9.65. The minimum absolute atomic E-state index is 0.126. The Morgan fingerprint density at radius 2 is 2.08 bits per heavy atom. The molecule has 1 heteroatoms. The first-order valence-corrected chi connectivity index (χ1v) is 5.03. The summed E-state index contributed by atoms with van der Waals surface area (Å²) in [5.74, 6) is 0. The van der Waals surface area contributed by atoms with Gasteiger partial charge in [0.1, 0.15) is 0 Å². The topological polar surface area (TPSA) is 20.2 Å². The number of aliphatic hydroxyl groups is 1. The third-order valence-corrected chi connectivity index (χ3v) is 3.45.